The predicted octanol–water partition coefficient (Wildman–Crippen LogP) is 3.41. The van der Waals surface area contributed by atoms with Crippen LogP contribution < -0.4 is 10.2 Å². The lowest BCUT2D eigenvalue weighted by Crippen LogP contribution is -2.44. The summed E-state index contributed by atoms with van der Waals surface area (Å²) in [7, 11) is 2.15. The van der Waals surface area contributed by atoms with Crippen molar-refractivity contribution < 1.29 is 4.79 Å². The Bertz CT molecular complexity index is 974. The number of piperazine rings is 1. The van der Waals surface area contributed by atoms with Crippen LogP contribution in [0.1, 0.15) is 16.2 Å². The van der Waals surface area contributed by atoms with E-state index in [1.54, 1.807) is 0 Å². The summed E-state index contributed by atoms with van der Waals surface area (Å²) < 4.78 is 2.71. The van der Waals surface area contributed by atoms with Crippen LogP contribution in [-0.2, 0) is 0 Å². The van der Waals surface area contributed by atoms with Crippen molar-refractivity contribution in [3.8, 4) is 0 Å². The van der Waals surface area contributed by atoms with Crippen LogP contribution in [0.4, 0.5) is 11.4 Å². The number of hydrogen-bond donors (Lipinski definition) is 1. The van der Waals surface area contributed by atoms with E-state index >= 15 is 0 Å². The van der Waals surface area contributed by atoms with E-state index in [0.29, 0.717) is 11.4 Å². The predicted molar refractivity (Wildman–Crippen MR) is 112 cm³/mol. The average molecular weight is 428 g/mol. The molecule has 0 bridgehead atoms. The van der Waals surface area contributed by atoms with Gasteiger partial charge in [-0.3, -0.25) is 9.20 Å². The van der Waals surface area contributed by atoms with Gasteiger partial charge >= 0.3 is 0 Å². The number of fused-ring (bicyclic) bond motifs is 1. The number of nitrogens with zero attached hydrogens (tertiary/aromatic N) is 4. The number of carbonyl (C=O) groups is 1. The van der Waals surface area contributed by atoms with E-state index in [4.69, 9.17) is 0 Å². The lowest BCUT2D eigenvalue weighted by atomic mass is 10.2. The molecule has 1 aromatic carbocycles. The summed E-state index contributed by atoms with van der Waals surface area (Å²) in [6.45, 7) is 6.05. The van der Waals surface area contributed by atoms with Crippen molar-refractivity contribution in [2.45, 2.75) is 6.92 Å². The second-order valence-electron chi connectivity index (χ2n) is 6.91. The highest BCUT2D eigenvalue weighted by atomic mass is 79.9. The number of likely N-dealkylation sites (N-methyl/N-ethyl adjacent to an activating group) is 1. The van der Waals surface area contributed by atoms with Gasteiger partial charge < -0.3 is 15.1 Å². The number of rotatable bonds is 3. The molecular weight excluding hydrogens is 406 g/mol. The zero-order chi connectivity index (χ0) is 19.0. The summed E-state index contributed by atoms with van der Waals surface area (Å²) in [6, 6.07) is 11.9. The van der Waals surface area contributed by atoms with Crippen molar-refractivity contribution in [3.05, 3.63) is 58.5 Å². The van der Waals surface area contributed by atoms with Gasteiger partial charge in [-0.15, -0.1) is 0 Å². The molecule has 3 aromatic rings. The van der Waals surface area contributed by atoms with Crippen LogP contribution in [-0.4, -0.2) is 53.4 Å². The van der Waals surface area contributed by atoms with Crippen LogP contribution in [0.2, 0.25) is 0 Å². The van der Waals surface area contributed by atoms with Crippen LogP contribution in [0, 0.1) is 6.92 Å². The molecule has 140 valence electrons. The number of carbonyl (C=O) groups excluding carboxylic acids is 1. The molecule has 0 spiro atoms. The Morgan fingerprint density at radius 1 is 1.07 bits per heavy atom. The first-order chi connectivity index (χ1) is 13.0. The molecule has 0 atom stereocenters. The molecule has 27 heavy (non-hydrogen) atoms. The van der Waals surface area contributed by atoms with Gasteiger partial charge in [0, 0.05) is 48.2 Å². The van der Waals surface area contributed by atoms with Crippen molar-refractivity contribution in [1.82, 2.24) is 14.3 Å². The van der Waals surface area contributed by atoms with Crippen molar-refractivity contribution in [2.24, 2.45) is 0 Å². The first-order valence-electron chi connectivity index (χ1n) is 9.00. The highest BCUT2D eigenvalue weighted by Gasteiger charge is 2.18. The van der Waals surface area contributed by atoms with Crippen molar-refractivity contribution in [3.63, 3.8) is 0 Å². The van der Waals surface area contributed by atoms with E-state index in [2.05, 4.69) is 55.2 Å². The zero-order valence-corrected chi connectivity index (χ0v) is 17.0. The molecule has 0 radical (unpaired) electrons. The van der Waals surface area contributed by atoms with Gasteiger partial charge in [-0.1, -0.05) is 0 Å². The standard InChI is InChI=1S/C20H22BrN5O/c1-14-19(26-13-15(21)3-8-18(26)22-14)20(27)23-16-4-6-17(7-5-16)25-11-9-24(2)10-12-25/h3-8,13H,9-12H2,1-2H3,(H,23,27). The first kappa shape index (κ1) is 18.0. The van der Waals surface area contributed by atoms with Gasteiger partial charge in [0.05, 0.1) is 5.69 Å². The summed E-state index contributed by atoms with van der Waals surface area (Å²) in [5.41, 5.74) is 3.98. The fourth-order valence-electron chi connectivity index (χ4n) is 3.42. The van der Waals surface area contributed by atoms with E-state index < -0.39 is 0 Å². The third-order valence-corrected chi connectivity index (χ3v) is 5.43. The van der Waals surface area contributed by atoms with Crippen LogP contribution in [0.25, 0.3) is 5.65 Å². The van der Waals surface area contributed by atoms with Gasteiger partial charge in [-0.05, 0) is 66.3 Å². The lowest BCUT2D eigenvalue weighted by Gasteiger charge is -2.34. The van der Waals surface area contributed by atoms with Crippen molar-refractivity contribution in [1.29, 1.82) is 0 Å². The molecule has 2 aromatic heterocycles. The number of anilines is 2. The van der Waals surface area contributed by atoms with Crippen LogP contribution in [0.5, 0.6) is 0 Å². The molecule has 7 heteroatoms. The maximum atomic E-state index is 12.8. The van der Waals surface area contributed by atoms with Crippen LogP contribution >= 0.6 is 15.9 Å². The monoisotopic (exact) mass is 427 g/mol. The Hall–Kier alpha value is -2.38. The molecule has 0 unspecified atom stereocenters. The molecule has 1 aliphatic heterocycles. The van der Waals surface area contributed by atoms with Gasteiger partial charge in [0.15, 0.2) is 0 Å². The highest BCUT2D eigenvalue weighted by Crippen LogP contribution is 2.21. The molecule has 1 amide bonds. The van der Waals surface area contributed by atoms with Crippen LogP contribution in [0.3, 0.4) is 0 Å². The van der Waals surface area contributed by atoms with E-state index in [9.17, 15) is 4.79 Å². The number of amides is 1. The minimum Gasteiger partial charge on any atom is -0.369 e. The van der Waals surface area contributed by atoms with E-state index in [0.717, 1.165) is 42.0 Å². The van der Waals surface area contributed by atoms with Gasteiger partial charge in [0.2, 0.25) is 0 Å². The molecule has 1 aliphatic rings. The number of aromatic nitrogens is 2. The SMILES string of the molecule is Cc1nc2ccc(Br)cn2c1C(=O)Nc1ccc(N2CCN(C)CC2)cc1. The fourth-order valence-corrected chi connectivity index (χ4v) is 3.76. The first-order valence-corrected chi connectivity index (χ1v) is 9.80. The number of halogens is 1. The van der Waals surface area contributed by atoms with Gasteiger partial charge in [0.25, 0.3) is 5.91 Å². The summed E-state index contributed by atoms with van der Waals surface area (Å²) in [6.07, 6.45) is 1.86. The molecular formula is C20H22BrN5O. The molecule has 1 N–H and O–H groups in total. The topological polar surface area (TPSA) is 52.9 Å². The quantitative estimate of drug-likeness (QED) is 0.695. The Kier molecular flexibility index (Phi) is 4.88. The molecule has 3 heterocycles. The second-order valence-corrected chi connectivity index (χ2v) is 7.83. The molecule has 1 fully saturated rings. The average Bonchev–Trinajstić information content (AvgIpc) is 2.98. The Labute approximate surface area is 166 Å². The molecule has 6 nitrogen and oxygen atoms in total. The van der Waals surface area contributed by atoms with Gasteiger partial charge in [-0.2, -0.15) is 0 Å². The van der Waals surface area contributed by atoms with Crippen molar-refractivity contribution >= 4 is 38.9 Å². The molecule has 4 rings (SSSR count). The fraction of sp³-hybridized carbons (Fsp3) is 0.300. The van der Waals surface area contributed by atoms with Gasteiger partial charge in [0.1, 0.15) is 11.3 Å². The minimum absolute atomic E-state index is 0.162. The summed E-state index contributed by atoms with van der Waals surface area (Å²) in [5, 5.41) is 2.99. The maximum absolute atomic E-state index is 12.8. The molecule has 0 saturated carbocycles. The normalized spacial score (nSPS) is 15.3. The number of hydrogen-bond acceptors (Lipinski definition) is 4. The third kappa shape index (κ3) is 3.70. The maximum Gasteiger partial charge on any atom is 0.274 e. The number of imidazole rings is 1. The Balaban J connectivity index is 1.52. The summed E-state index contributed by atoms with van der Waals surface area (Å²) in [5.74, 6) is -0.162. The van der Waals surface area contributed by atoms with Crippen LogP contribution in [0.15, 0.2) is 47.1 Å². The Morgan fingerprint density at radius 2 is 1.78 bits per heavy atom. The zero-order valence-electron chi connectivity index (χ0n) is 15.4. The molecule has 1 saturated heterocycles. The smallest absolute Gasteiger partial charge is 0.274 e. The van der Waals surface area contributed by atoms with E-state index in [-0.39, 0.29) is 5.91 Å². The third-order valence-electron chi connectivity index (χ3n) is 4.97. The molecule has 0 aliphatic carbocycles. The largest absolute Gasteiger partial charge is 0.369 e. The second kappa shape index (κ2) is 7.32. The summed E-state index contributed by atoms with van der Waals surface area (Å²) in [4.78, 5) is 22.0. The lowest BCUT2D eigenvalue weighted by molar-refractivity contribution is 0.102. The minimum atomic E-state index is -0.162. The number of pyridine rings is 1. The highest BCUT2D eigenvalue weighted by molar-refractivity contribution is 9.10. The number of benzene rings is 1. The van der Waals surface area contributed by atoms with Gasteiger partial charge in [-0.25, -0.2) is 4.98 Å². The van der Waals surface area contributed by atoms with E-state index in [1.807, 2.05) is 41.8 Å². The van der Waals surface area contributed by atoms with E-state index in [1.165, 1.54) is 5.69 Å². The van der Waals surface area contributed by atoms with Crippen molar-refractivity contribution in [2.75, 3.05) is 43.4 Å². The summed E-state index contributed by atoms with van der Waals surface area (Å²) >= 11 is 3.45. The number of aryl methyl sites for hydroxylation is 1. The Morgan fingerprint density at radius 3 is 2.48 bits per heavy atom. The number of nitrogens with one attached hydrogen (secondary N) is 1.